The van der Waals surface area contributed by atoms with Gasteiger partial charge < -0.3 is 15.8 Å². The smallest absolute Gasteiger partial charge is 0.233 e. The van der Waals surface area contributed by atoms with Gasteiger partial charge in [0.25, 0.3) is 0 Å². The first-order chi connectivity index (χ1) is 9.50. The number of nitrogens with one attached hydrogen (secondary N) is 1. The van der Waals surface area contributed by atoms with Crippen LogP contribution in [0.1, 0.15) is 32.3 Å². The van der Waals surface area contributed by atoms with Crippen LogP contribution in [0.3, 0.4) is 0 Å². The second-order valence-electron chi connectivity index (χ2n) is 4.69. The third-order valence-electron chi connectivity index (χ3n) is 3.70. The molecule has 1 rings (SSSR count). The van der Waals surface area contributed by atoms with E-state index in [0.29, 0.717) is 19.4 Å². The van der Waals surface area contributed by atoms with E-state index in [-0.39, 0.29) is 10.9 Å². The maximum atomic E-state index is 12.4. The van der Waals surface area contributed by atoms with Crippen molar-refractivity contribution in [2.75, 3.05) is 7.11 Å². The SMILES string of the molecule is CCC(CC)(C(=O)NCc1cccc(OC)c1)C(N)=S. The molecule has 4 nitrogen and oxygen atoms in total. The number of hydrogen-bond donors (Lipinski definition) is 2. The number of nitrogens with two attached hydrogens (primary N) is 1. The minimum absolute atomic E-state index is 0.113. The van der Waals surface area contributed by atoms with E-state index in [1.165, 1.54) is 0 Å². The van der Waals surface area contributed by atoms with Crippen LogP contribution in [0.5, 0.6) is 5.75 Å². The predicted octanol–water partition coefficient (Wildman–Crippen LogP) is 2.40. The molecule has 1 aromatic carbocycles. The first-order valence-corrected chi connectivity index (χ1v) is 7.12. The highest BCUT2D eigenvalue weighted by atomic mass is 32.1. The Bertz CT molecular complexity index is 485. The third kappa shape index (κ3) is 3.48. The Morgan fingerprint density at radius 1 is 1.40 bits per heavy atom. The van der Waals surface area contributed by atoms with Crippen molar-refractivity contribution in [3.8, 4) is 5.75 Å². The van der Waals surface area contributed by atoms with Crippen LogP contribution < -0.4 is 15.8 Å². The molecule has 0 aliphatic rings. The number of carbonyl (C=O) groups is 1. The van der Waals surface area contributed by atoms with E-state index in [9.17, 15) is 4.79 Å². The predicted molar refractivity (Wildman–Crippen MR) is 84.6 cm³/mol. The second-order valence-corrected chi connectivity index (χ2v) is 5.13. The van der Waals surface area contributed by atoms with E-state index in [1.54, 1.807) is 7.11 Å². The lowest BCUT2D eigenvalue weighted by Gasteiger charge is -2.28. The van der Waals surface area contributed by atoms with Crippen LogP contribution in [-0.2, 0) is 11.3 Å². The lowest BCUT2D eigenvalue weighted by atomic mass is 9.81. The van der Waals surface area contributed by atoms with Crippen LogP contribution in [0.25, 0.3) is 0 Å². The van der Waals surface area contributed by atoms with Crippen LogP contribution in [0.2, 0.25) is 0 Å². The van der Waals surface area contributed by atoms with Crippen molar-refractivity contribution in [2.45, 2.75) is 33.2 Å². The van der Waals surface area contributed by atoms with Gasteiger partial charge >= 0.3 is 0 Å². The Hall–Kier alpha value is -1.62. The molecule has 0 atom stereocenters. The van der Waals surface area contributed by atoms with Crippen molar-refractivity contribution in [3.63, 3.8) is 0 Å². The van der Waals surface area contributed by atoms with Crippen molar-refractivity contribution in [1.82, 2.24) is 5.32 Å². The Kier molecular flexibility index (Phi) is 5.95. The van der Waals surface area contributed by atoms with Crippen molar-refractivity contribution >= 4 is 23.1 Å². The minimum atomic E-state index is -0.756. The maximum Gasteiger partial charge on any atom is 0.233 e. The highest BCUT2D eigenvalue weighted by molar-refractivity contribution is 7.80. The third-order valence-corrected chi connectivity index (χ3v) is 4.09. The average molecular weight is 294 g/mol. The maximum absolute atomic E-state index is 12.4. The van der Waals surface area contributed by atoms with Crippen molar-refractivity contribution in [2.24, 2.45) is 11.1 Å². The van der Waals surface area contributed by atoms with E-state index >= 15 is 0 Å². The molecular formula is C15H22N2O2S. The quantitative estimate of drug-likeness (QED) is 0.758. The first kappa shape index (κ1) is 16.4. The van der Waals surface area contributed by atoms with Gasteiger partial charge in [0.2, 0.25) is 5.91 Å². The molecule has 0 fully saturated rings. The van der Waals surface area contributed by atoms with Gasteiger partial charge in [-0.2, -0.15) is 0 Å². The zero-order chi connectivity index (χ0) is 15.2. The monoisotopic (exact) mass is 294 g/mol. The van der Waals surface area contributed by atoms with Crippen molar-refractivity contribution in [3.05, 3.63) is 29.8 Å². The second kappa shape index (κ2) is 7.24. The summed E-state index contributed by atoms with van der Waals surface area (Å²) < 4.78 is 5.16. The first-order valence-electron chi connectivity index (χ1n) is 6.71. The summed E-state index contributed by atoms with van der Waals surface area (Å²) in [6.07, 6.45) is 1.20. The summed E-state index contributed by atoms with van der Waals surface area (Å²) in [7, 11) is 1.61. The van der Waals surface area contributed by atoms with Crippen molar-refractivity contribution < 1.29 is 9.53 Å². The fourth-order valence-electron chi connectivity index (χ4n) is 2.17. The van der Waals surface area contributed by atoms with E-state index in [0.717, 1.165) is 11.3 Å². The van der Waals surface area contributed by atoms with Crippen LogP contribution in [0, 0.1) is 5.41 Å². The summed E-state index contributed by atoms with van der Waals surface area (Å²) in [5.74, 6) is 0.654. The lowest BCUT2D eigenvalue weighted by molar-refractivity contribution is -0.128. The Morgan fingerprint density at radius 2 is 2.05 bits per heavy atom. The topological polar surface area (TPSA) is 64.3 Å². The number of methoxy groups -OCH3 is 1. The van der Waals surface area contributed by atoms with Gasteiger partial charge in [-0.25, -0.2) is 0 Å². The molecule has 0 aliphatic heterocycles. The Balaban J connectivity index is 2.77. The van der Waals surface area contributed by atoms with E-state index in [2.05, 4.69) is 5.32 Å². The molecular weight excluding hydrogens is 272 g/mol. The zero-order valence-corrected chi connectivity index (χ0v) is 13.0. The van der Waals surface area contributed by atoms with Crippen LogP contribution in [0.4, 0.5) is 0 Å². The van der Waals surface area contributed by atoms with Gasteiger partial charge in [0, 0.05) is 6.54 Å². The molecule has 3 N–H and O–H groups in total. The van der Waals surface area contributed by atoms with Crippen LogP contribution in [0.15, 0.2) is 24.3 Å². The van der Waals surface area contributed by atoms with Gasteiger partial charge in [0.1, 0.15) is 5.75 Å². The van der Waals surface area contributed by atoms with E-state index < -0.39 is 5.41 Å². The number of carbonyl (C=O) groups excluding carboxylic acids is 1. The average Bonchev–Trinajstić information content (AvgIpc) is 2.46. The molecule has 110 valence electrons. The summed E-state index contributed by atoms with van der Waals surface area (Å²) in [5, 5.41) is 2.91. The van der Waals surface area contributed by atoms with Gasteiger partial charge in [0.15, 0.2) is 0 Å². The standard InChI is InChI=1S/C15H22N2O2S/c1-4-15(5-2,13(16)20)14(18)17-10-11-7-6-8-12(9-11)19-3/h6-9H,4-5,10H2,1-3H3,(H2,16,20)(H,17,18). The Labute approximate surface area is 125 Å². The molecule has 5 heteroatoms. The molecule has 0 aliphatic carbocycles. The molecule has 0 saturated heterocycles. The lowest BCUT2D eigenvalue weighted by Crippen LogP contribution is -2.48. The normalized spacial score (nSPS) is 10.9. The largest absolute Gasteiger partial charge is 0.497 e. The van der Waals surface area contributed by atoms with Gasteiger partial charge in [-0.05, 0) is 30.5 Å². The molecule has 1 amide bonds. The fraction of sp³-hybridized carbons (Fsp3) is 0.467. The summed E-state index contributed by atoms with van der Waals surface area (Å²) in [4.78, 5) is 12.6. The molecule has 0 spiro atoms. The number of benzene rings is 1. The fourth-order valence-corrected chi connectivity index (χ4v) is 2.55. The summed E-state index contributed by atoms with van der Waals surface area (Å²) in [6.45, 7) is 4.28. The molecule has 1 aromatic rings. The molecule has 0 radical (unpaired) electrons. The number of hydrogen-bond acceptors (Lipinski definition) is 3. The molecule has 0 aromatic heterocycles. The number of thiocarbonyl (C=S) groups is 1. The van der Waals surface area contributed by atoms with E-state index in [1.807, 2.05) is 38.1 Å². The van der Waals surface area contributed by atoms with Gasteiger partial charge in [-0.3, -0.25) is 4.79 Å². The molecule has 0 heterocycles. The van der Waals surface area contributed by atoms with Crippen LogP contribution >= 0.6 is 12.2 Å². The van der Waals surface area contributed by atoms with Gasteiger partial charge in [0.05, 0.1) is 17.5 Å². The Morgan fingerprint density at radius 3 is 2.55 bits per heavy atom. The number of ether oxygens (including phenoxy) is 1. The minimum Gasteiger partial charge on any atom is -0.497 e. The van der Waals surface area contributed by atoms with Crippen LogP contribution in [-0.4, -0.2) is 18.0 Å². The van der Waals surface area contributed by atoms with Gasteiger partial charge in [-0.1, -0.05) is 38.2 Å². The molecule has 20 heavy (non-hydrogen) atoms. The summed E-state index contributed by atoms with van der Waals surface area (Å²) >= 11 is 5.07. The highest BCUT2D eigenvalue weighted by Crippen LogP contribution is 2.27. The summed E-state index contributed by atoms with van der Waals surface area (Å²) in [5.41, 5.74) is 5.98. The number of amides is 1. The molecule has 0 unspecified atom stereocenters. The van der Waals surface area contributed by atoms with Gasteiger partial charge in [-0.15, -0.1) is 0 Å². The molecule has 0 saturated carbocycles. The zero-order valence-electron chi connectivity index (χ0n) is 12.2. The van der Waals surface area contributed by atoms with E-state index in [4.69, 9.17) is 22.7 Å². The van der Waals surface area contributed by atoms with Crippen molar-refractivity contribution in [1.29, 1.82) is 0 Å². The highest BCUT2D eigenvalue weighted by Gasteiger charge is 2.37. The number of rotatable bonds is 7. The molecule has 0 bridgehead atoms. The summed E-state index contributed by atoms with van der Waals surface area (Å²) in [6, 6.07) is 7.58.